The van der Waals surface area contributed by atoms with Crippen molar-refractivity contribution >= 4 is 50.7 Å². The van der Waals surface area contributed by atoms with E-state index in [0.717, 1.165) is 5.56 Å². The Bertz CT molecular complexity index is 1000. The van der Waals surface area contributed by atoms with Gasteiger partial charge >= 0.3 is 0 Å². The number of nitrogens with zero attached hydrogens (tertiary/aromatic N) is 1. The van der Waals surface area contributed by atoms with E-state index in [0.29, 0.717) is 37.3 Å². The van der Waals surface area contributed by atoms with Crippen LogP contribution >= 0.6 is 34.8 Å². The highest BCUT2D eigenvalue weighted by Crippen LogP contribution is 2.32. The van der Waals surface area contributed by atoms with E-state index in [9.17, 15) is 13.2 Å². The molecule has 0 aliphatic heterocycles. The van der Waals surface area contributed by atoms with Gasteiger partial charge in [0.1, 0.15) is 0 Å². The van der Waals surface area contributed by atoms with Crippen LogP contribution in [-0.2, 0) is 21.4 Å². The number of hydrogen-bond acceptors (Lipinski definition) is 4. The number of hydroxylamine groups is 1. The lowest BCUT2D eigenvalue weighted by Gasteiger charge is -2.31. The summed E-state index contributed by atoms with van der Waals surface area (Å²) in [4.78, 5) is 11.7. The Labute approximate surface area is 197 Å². The standard InChI is InChI=1S/C21H23Cl3N2O4S/c22-17-7-3-15(4-8-17)13-26(12-14-1-5-16(6-2-14)21(27)25-28)31(29,30)20-10-18(23)9-19(24)11-20/h3-4,7-11,14,16,28H,1-2,5-6,12-13H2,(H,25,27). The second-order valence-corrected chi connectivity index (χ2v) is 11.0. The van der Waals surface area contributed by atoms with Crippen LogP contribution in [0.5, 0.6) is 0 Å². The predicted octanol–water partition coefficient (Wildman–Crippen LogP) is 5.15. The van der Waals surface area contributed by atoms with Crippen molar-refractivity contribution in [3.8, 4) is 0 Å². The molecule has 168 valence electrons. The molecule has 1 aliphatic carbocycles. The number of sulfonamides is 1. The molecule has 0 unspecified atom stereocenters. The summed E-state index contributed by atoms with van der Waals surface area (Å²) >= 11 is 18.1. The fraction of sp³-hybridized carbons (Fsp3) is 0.381. The van der Waals surface area contributed by atoms with Crippen LogP contribution in [0.15, 0.2) is 47.4 Å². The summed E-state index contributed by atoms with van der Waals surface area (Å²) in [7, 11) is -3.88. The van der Waals surface area contributed by atoms with Gasteiger partial charge in [-0.3, -0.25) is 10.0 Å². The van der Waals surface area contributed by atoms with Gasteiger partial charge in [0.05, 0.1) is 4.90 Å². The van der Waals surface area contributed by atoms with Crippen LogP contribution in [0, 0.1) is 11.8 Å². The number of hydrogen-bond donors (Lipinski definition) is 2. The maximum absolute atomic E-state index is 13.5. The van der Waals surface area contributed by atoms with Crippen LogP contribution < -0.4 is 5.48 Å². The van der Waals surface area contributed by atoms with E-state index in [-0.39, 0.29) is 33.3 Å². The summed E-state index contributed by atoms with van der Waals surface area (Å²) in [5.74, 6) is -0.563. The zero-order chi connectivity index (χ0) is 22.6. The first-order valence-electron chi connectivity index (χ1n) is 9.83. The lowest BCUT2D eigenvalue weighted by molar-refractivity contribution is -0.134. The monoisotopic (exact) mass is 504 g/mol. The molecule has 0 saturated heterocycles. The molecule has 0 heterocycles. The fourth-order valence-electron chi connectivity index (χ4n) is 3.85. The van der Waals surface area contributed by atoms with E-state index in [1.807, 2.05) is 0 Å². The average molecular weight is 506 g/mol. The molecule has 3 rings (SSSR count). The van der Waals surface area contributed by atoms with Gasteiger partial charge < -0.3 is 0 Å². The van der Waals surface area contributed by atoms with E-state index >= 15 is 0 Å². The van der Waals surface area contributed by atoms with E-state index in [2.05, 4.69) is 0 Å². The van der Waals surface area contributed by atoms with Crippen LogP contribution in [0.4, 0.5) is 0 Å². The molecular formula is C21H23Cl3N2O4S. The Kier molecular flexibility index (Phi) is 8.24. The third kappa shape index (κ3) is 6.34. The summed E-state index contributed by atoms with van der Waals surface area (Å²) in [5, 5.41) is 9.90. The largest absolute Gasteiger partial charge is 0.289 e. The van der Waals surface area contributed by atoms with Crippen molar-refractivity contribution in [1.82, 2.24) is 9.79 Å². The molecule has 2 aromatic rings. The second kappa shape index (κ2) is 10.5. The molecule has 1 amide bonds. The van der Waals surface area contributed by atoms with Gasteiger partial charge in [-0.2, -0.15) is 4.31 Å². The summed E-state index contributed by atoms with van der Waals surface area (Å²) in [6, 6.07) is 11.3. The van der Waals surface area contributed by atoms with Crippen molar-refractivity contribution in [2.45, 2.75) is 37.1 Å². The number of carbonyl (C=O) groups excluding carboxylic acids is 1. The molecule has 0 aromatic heterocycles. The Morgan fingerprint density at radius 3 is 2.10 bits per heavy atom. The van der Waals surface area contributed by atoms with E-state index in [4.69, 9.17) is 40.0 Å². The molecular weight excluding hydrogens is 483 g/mol. The van der Waals surface area contributed by atoms with Gasteiger partial charge in [-0.25, -0.2) is 13.9 Å². The zero-order valence-electron chi connectivity index (χ0n) is 16.6. The minimum absolute atomic E-state index is 0.0345. The smallest absolute Gasteiger partial charge is 0.246 e. The van der Waals surface area contributed by atoms with Crippen LogP contribution in [-0.4, -0.2) is 30.4 Å². The van der Waals surface area contributed by atoms with Gasteiger partial charge in [0.25, 0.3) is 0 Å². The molecule has 0 spiro atoms. The molecule has 10 heteroatoms. The number of amides is 1. The summed E-state index contributed by atoms with van der Waals surface area (Å²) in [6.45, 7) is 0.462. The van der Waals surface area contributed by atoms with Crippen LogP contribution in [0.1, 0.15) is 31.2 Å². The Balaban J connectivity index is 1.84. The van der Waals surface area contributed by atoms with Gasteiger partial charge in [-0.15, -0.1) is 0 Å². The van der Waals surface area contributed by atoms with Crippen molar-refractivity contribution in [2.75, 3.05) is 6.54 Å². The minimum Gasteiger partial charge on any atom is -0.289 e. The highest BCUT2D eigenvalue weighted by Gasteiger charge is 2.32. The van der Waals surface area contributed by atoms with Gasteiger partial charge in [0.15, 0.2) is 0 Å². The second-order valence-electron chi connectivity index (χ2n) is 7.72. The molecule has 1 aliphatic rings. The molecule has 0 atom stereocenters. The first-order chi connectivity index (χ1) is 14.7. The van der Waals surface area contributed by atoms with Gasteiger partial charge in [0.2, 0.25) is 15.9 Å². The molecule has 31 heavy (non-hydrogen) atoms. The normalized spacial score (nSPS) is 19.4. The molecule has 2 N–H and O–H groups in total. The first-order valence-corrected chi connectivity index (χ1v) is 12.4. The topological polar surface area (TPSA) is 86.7 Å². The average Bonchev–Trinajstić information content (AvgIpc) is 2.74. The minimum atomic E-state index is -3.88. The van der Waals surface area contributed by atoms with Gasteiger partial charge in [0, 0.05) is 34.1 Å². The quantitative estimate of drug-likeness (QED) is 0.402. The number of halogens is 3. The van der Waals surface area contributed by atoms with Crippen LogP contribution in [0.2, 0.25) is 15.1 Å². The number of rotatable bonds is 7. The van der Waals surface area contributed by atoms with E-state index < -0.39 is 15.9 Å². The number of carbonyl (C=O) groups is 1. The lowest BCUT2D eigenvalue weighted by Crippen LogP contribution is -2.38. The number of benzene rings is 2. The van der Waals surface area contributed by atoms with Crippen molar-refractivity contribution in [3.63, 3.8) is 0 Å². The summed E-state index contributed by atoms with van der Waals surface area (Å²) in [5.41, 5.74) is 2.50. The maximum atomic E-state index is 13.5. The summed E-state index contributed by atoms with van der Waals surface area (Å²) in [6.07, 6.45) is 2.55. The third-order valence-electron chi connectivity index (χ3n) is 5.54. The molecule has 1 fully saturated rings. The summed E-state index contributed by atoms with van der Waals surface area (Å²) < 4.78 is 28.4. The fourth-order valence-corrected chi connectivity index (χ4v) is 6.21. The molecule has 0 bridgehead atoms. The molecule has 2 aromatic carbocycles. The van der Waals surface area contributed by atoms with Crippen molar-refractivity contribution in [1.29, 1.82) is 0 Å². The highest BCUT2D eigenvalue weighted by molar-refractivity contribution is 7.89. The van der Waals surface area contributed by atoms with Crippen LogP contribution in [0.25, 0.3) is 0 Å². The number of nitrogens with one attached hydrogen (secondary N) is 1. The first kappa shape index (κ1) is 24.3. The van der Waals surface area contributed by atoms with Crippen molar-refractivity contribution < 1.29 is 18.4 Å². The van der Waals surface area contributed by atoms with Crippen LogP contribution in [0.3, 0.4) is 0 Å². The molecule has 1 saturated carbocycles. The van der Waals surface area contributed by atoms with Gasteiger partial charge in [-0.1, -0.05) is 46.9 Å². The predicted molar refractivity (Wildman–Crippen MR) is 121 cm³/mol. The molecule has 6 nitrogen and oxygen atoms in total. The van der Waals surface area contributed by atoms with Crippen molar-refractivity contribution in [2.24, 2.45) is 11.8 Å². The lowest BCUT2D eigenvalue weighted by atomic mass is 9.81. The van der Waals surface area contributed by atoms with E-state index in [1.165, 1.54) is 22.5 Å². The molecule has 0 radical (unpaired) electrons. The Morgan fingerprint density at radius 1 is 0.968 bits per heavy atom. The maximum Gasteiger partial charge on any atom is 0.246 e. The zero-order valence-corrected chi connectivity index (χ0v) is 19.7. The SMILES string of the molecule is O=C(NO)C1CCC(CN(Cc2ccc(Cl)cc2)S(=O)(=O)c2cc(Cl)cc(Cl)c2)CC1. The Morgan fingerprint density at radius 2 is 1.55 bits per heavy atom. The third-order valence-corrected chi connectivity index (χ3v) is 8.01. The Hall–Kier alpha value is -1.35. The van der Waals surface area contributed by atoms with Gasteiger partial charge in [-0.05, 0) is 67.5 Å². The van der Waals surface area contributed by atoms with Crippen molar-refractivity contribution in [3.05, 3.63) is 63.1 Å². The highest BCUT2D eigenvalue weighted by atomic mass is 35.5. The van der Waals surface area contributed by atoms with E-state index in [1.54, 1.807) is 29.7 Å².